The molecular formula is C16H18N2O2. The van der Waals surface area contributed by atoms with Crippen LogP contribution in [0.4, 0.5) is 5.69 Å². The minimum Gasteiger partial charge on any atom is -0.399 e. The van der Waals surface area contributed by atoms with E-state index < -0.39 is 0 Å². The van der Waals surface area contributed by atoms with Crippen LogP contribution in [0.1, 0.15) is 11.7 Å². The van der Waals surface area contributed by atoms with E-state index in [2.05, 4.69) is 24.3 Å². The first-order chi connectivity index (χ1) is 9.72. The van der Waals surface area contributed by atoms with Crippen molar-refractivity contribution < 1.29 is 9.47 Å². The third-order valence-corrected chi connectivity index (χ3v) is 3.45. The molecule has 3 rings (SSSR count). The Morgan fingerprint density at radius 1 is 0.800 bits per heavy atom. The Kier molecular flexibility index (Phi) is 3.69. The molecule has 104 valence electrons. The first kappa shape index (κ1) is 13.1. The standard InChI is InChI=1S/C16H18N2O2/c17-14-7-5-12(6-8-14)11-1-3-13(4-2-11)15-9-20-16(18)10-19-15/h1-8,15-16H,9-10,17-18H2. The molecular weight excluding hydrogens is 252 g/mol. The highest BCUT2D eigenvalue weighted by Gasteiger charge is 2.20. The average molecular weight is 270 g/mol. The molecule has 2 aromatic carbocycles. The van der Waals surface area contributed by atoms with Gasteiger partial charge in [-0.1, -0.05) is 36.4 Å². The maximum Gasteiger partial charge on any atom is 0.129 e. The van der Waals surface area contributed by atoms with Crippen molar-refractivity contribution in [1.29, 1.82) is 0 Å². The molecule has 2 aromatic rings. The highest BCUT2D eigenvalue weighted by Crippen LogP contribution is 2.26. The van der Waals surface area contributed by atoms with E-state index in [9.17, 15) is 0 Å². The van der Waals surface area contributed by atoms with Crippen molar-refractivity contribution in [2.24, 2.45) is 5.73 Å². The molecule has 0 radical (unpaired) electrons. The number of hydrogen-bond acceptors (Lipinski definition) is 4. The molecule has 1 fully saturated rings. The minimum atomic E-state index is -0.305. The molecule has 1 saturated heterocycles. The highest BCUT2D eigenvalue weighted by molar-refractivity contribution is 5.65. The fraction of sp³-hybridized carbons (Fsp3) is 0.250. The fourth-order valence-corrected chi connectivity index (χ4v) is 2.28. The Bertz CT molecular complexity index is 558. The van der Waals surface area contributed by atoms with Crippen LogP contribution in [0.5, 0.6) is 0 Å². The van der Waals surface area contributed by atoms with Crippen LogP contribution >= 0.6 is 0 Å². The van der Waals surface area contributed by atoms with Gasteiger partial charge >= 0.3 is 0 Å². The molecule has 0 spiro atoms. The van der Waals surface area contributed by atoms with E-state index in [0.717, 1.165) is 22.4 Å². The number of rotatable bonds is 2. The average Bonchev–Trinajstić information content (AvgIpc) is 2.49. The first-order valence-electron chi connectivity index (χ1n) is 6.67. The third-order valence-electron chi connectivity index (χ3n) is 3.45. The molecule has 4 heteroatoms. The van der Waals surface area contributed by atoms with Gasteiger partial charge in [0.1, 0.15) is 12.3 Å². The second-order valence-electron chi connectivity index (χ2n) is 4.94. The van der Waals surface area contributed by atoms with E-state index >= 15 is 0 Å². The monoisotopic (exact) mass is 270 g/mol. The molecule has 0 saturated carbocycles. The molecule has 1 heterocycles. The van der Waals surface area contributed by atoms with E-state index in [1.54, 1.807) is 0 Å². The minimum absolute atomic E-state index is 0.0322. The molecule has 0 aliphatic carbocycles. The second-order valence-corrected chi connectivity index (χ2v) is 4.94. The molecule has 2 unspecified atom stereocenters. The molecule has 0 bridgehead atoms. The van der Waals surface area contributed by atoms with Gasteiger partial charge in [-0.25, -0.2) is 0 Å². The number of benzene rings is 2. The van der Waals surface area contributed by atoms with Crippen molar-refractivity contribution >= 4 is 5.69 Å². The van der Waals surface area contributed by atoms with Crippen molar-refractivity contribution in [1.82, 2.24) is 0 Å². The molecule has 0 amide bonds. The fourth-order valence-electron chi connectivity index (χ4n) is 2.28. The lowest BCUT2D eigenvalue weighted by atomic mass is 10.0. The Morgan fingerprint density at radius 2 is 1.40 bits per heavy atom. The predicted molar refractivity (Wildman–Crippen MR) is 78.9 cm³/mol. The zero-order chi connectivity index (χ0) is 13.9. The Morgan fingerprint density at radius 3 is 1.95 bits per heavy atom. The Hall–Kier alpha value is -1.88. The summed E-state index contributed by atoms with van der Waals surface area (Å²) in [5.74, 6) is 0. The van der Waals surface area contributed by atoms with Gasteiger partial charge in [0, 0.05) is 5.69 Å². The van der Waals surface area contributed by atoms with Crippen molar-refractivity contribution in [2.75, 3.05) is 18.9 Å². The van der Waals surface area contributed by atoms with Gasteiger partial charge in [-0.15, -0.1) is 0 Å². The largest absolute Gasteiger partial charge is 0.399 e. The maximum absolute atomic E-state index is 5.70. The van der Waals surface area contributed by atoms with E-state index in [1.165, 1.54) is 0 Å². The summed E-state index contributed by atoms with van der Waals surface area (Å²) in [6.07, 6.45) is -0.337. The third kappa shape index (κ3) is 2.82. The van der Waals surface area contributed by atoms with Crippen LogP contribution in [0, 0.1) is 0 Å². The lowest BCUT2D eigenvalue weighted by molar-refractivity contribution is -0.132. The van der Waals surface area contributed by atoms with Crippen molar-refractivity contribution in [3.8, 4) is 11.1 Å². The van der Waals surface area contributed by atoms with Gasteiger partial charge < -0.3 is 20.9 Å². The second kappa shape index (κ2) is 5.63. The summed E-state index contributed by atoms with van der Waals surface area (Å²) >= 11 is 0. The zero-order valence-electron chi connectivity index (χ0n) is 11.2. The molecule has 1 aliphatic rings. The Balaban J connectivity index is 1.76. The first-order valence-corrected chi connectivity index (χ1v) is 6.67. The predicted octanol–water partition coefficient (Wildman–Crippen LogP) is 2.31. The molecule has 1 aliphatic heterocycles. The summed E-state index contributed by atoms with van der Waals surface area (Å²) in [4.78, 5) is 0. The van der Waals surface area contributed by atoms with Crippen LogP contribution in [0.2, 0.25) is 0 Å². The number of anilines is 1. The molecule has 2 atom stereocenters. The maximum atomic E-state index is 5.70. The van der Waals surface area contributed by atoms with Crippen LogP contribution in [0.3, 0.4) is 0 Å². The number of nitrogens with two attached hydrogens (primary N) is 2. The van der Waals surface area contributed by atoms with Crippen LogP contribution < -0.4 is 11.5 Å². The topological polar surface area (TPSA) is 70.5 Å². The van der Waals surface area contributed by atoms with Gasteiger partial charge in [0.25, 0.3) is 0 Å². The number of nitrogen functional groups attached to an aromatic ring is 1. The molecule has 20 heavy (non-hydrogen) atoms. The SMILES string of the molecule is Nc1ccc(-c2ccc(C3COC(N)CO3)cc2)cc1. The lowest BCUT2D eigenvalue weighted by Gasteiger charge is -2.27. The van der Waals surface area contributed by atoms with Gasteiger partial charge in [-0.2, -0.15) is 0 Å². The van der Waals surface area contributed by atoms with E-state index in [0.29, 0.717) is 13.2 Å². The van der Waals surface area contributed by atoms with Gasteiger partial charge in [0.15, 0.2) is 0 Å². The van der Waals surface area contributed by atoms with Gasteiger partial charge in [-0.05, 0) is 28.8 Å². The van der Waals surface area contributed by atoms with Crippen LogP contribution in [-0.2, 0) is 9.47 Å². The molecule has 4 nitrogen and oxygen atoms in total. The van der Waals surface area contributed by atoms with Gasteiger partial charge in [-0.3, -0.25) is 0 Å². The lowest BCUT2D eigenvalue weighted by Crippen LogP contribution is -2.37. The van der Waals surface area contributed by atoms with Gasteiger partial charge in [0.2, 0.25) is 0 Å². The normalized spacial score (nSPS) is 22.6. The summed E-state index contributed by atoms with van der Waals surface area (Å²) in [5, 5.41) is 0. The van der Waals surface area contributed by atoms with Crippen molar-refractivity contribution in [2.45, 2.75) is 12.3 Å². The van der Waals surface area contributed by atoms with Crippen molar-refractivity contribution in [3.05, 3.63) is 54.1 Å². The van der Waals surface area contributed by atoms with Crippen LogP contribution in [-0.4, -0.2) is 19.4 Å². The summed E-state index contributed by atoms with van der Waals surface area (Å²) in [6.45, 7) is 0.937. The smallest absolute Gasteiger partial charge is 0.129 e. The van der Waals surface area contributed by atoms with E-state index in [4.69, 9.17) is 20.9 Å². The van der Waals surface area contributed by atoms with E-state index in [1.807, 2.05) is 24.3 Å². The summed E-state index contributed by atoms with van der Waals surface area (Å²) in [7, 11) is 0. The van der Waals surface area contributed by atoms with Gasteiger partial charge in [0.05, 0.1) is 13.2 Å². The highest BCUT2D eigenvalue weighted by atomic mass is 16.6. The molecule has 0 aromatic heterocycles. The number of ether oxygens (including phenoxy) is 2. The number of hydrogen-bond donors (Lipinski definition) is 2. The molecule has 4 N–H and O–H groups in total. The summed E-state index contributed by atoms with van der Waals surface area (Å²) < 4.78 is 11.1. The zero-order valence-corrected chi connectivity index (χ0v) is 11.2. The summed E-state index contributed by atoms with van der Waals surface area (Å²) in [6, 6.07) is 16.1. The van der Waals surface area contributed by atoms with Crippen LogP contribution in [0.15, 0.2) is 48.5 Å². The quantitative estimate of drug-likeness (QED) is 0.821. The van der Waals surface area contributed by atoms with Crippen LogP contribution in [0.25, 0.3) is 11.1 Å². The van der Waals surface area contributed by atoms with Crippen molar-refractivity contribution in [3.63, 3.8) is 0 Å². The van der Waals surface area contributed by atoms with E-state index in [-0.39, 0.29) is 12.3 Å². The Labute approximate surface area is 118 Å². The summed E-state index contributed by atoms with van der Waals surface area (Å²) in [5.41, 5.74) is 15.5.